The number of esters is 1. The Morgan fingerprint density at radius 1 is 1.14 bits per heavy atom. The molecular weight excluding hydrogens is 325 g/mol. The number of pyridine rings is 1. The summed E-state index contributed by atoms with van der Waals surface area (Å²) in [7, 11) is 0. The van der Waals surface area contributed by atoms with Crippen LogP contribution in [0.5, 0.6) is 11.5 Å². The first-order chi connectivity index (χ1) is 10.6. The average molecular weight is 334 g/mol. The molecule has 110 valence electrons. The zero-order chi connectivity index (χ0) is 15.7. The standard InChI is InChI=1S/C16H9Cl2NO3/c17-10-7-9-5-6-11(18)14(15(9)19-8-10)16(21)22-13-4-2-1-3-12(13)20/h1-8,20H. The van der Waals surface area contributed by atoms with Crippen LogP contribution in [0.4, 0.5) is 0 Å². The number of aromatic hydroxyl groups is 1. The molecule has 0 saturated carbocycles. The third-order valence-electron chi connectivity index (χ3n) is 3.04. The van der Waals surface area contributed by atoms with Crippen LogP contribution in [0.15, 0.2) is 48.7 Å². The molecule has 0 spiro atoms. The number of benzene rings is 2. The molecule has 0 aliphatic heterocycles. The van der Waals surface area contributed by atoms with Gasteiger partial charge in [-0.2, -0.15) is 0 Å². The maximum Gasteiger partial charge on any atom is 0.347 e. The molecule has 0 fully saturated rings. The van der Waals surface area contributed by atoms with Gasteiger partial charge >= 0.3 is 5.97 Å². The van der Waals surface area contributed by atoms with Gasteiger partial charge in [0.1, 0.15) is 5.56 Å². The Bertz CT molecular complexity index is 880. The van der Waals surface area contributed by atoms with E-state index in [9.17, 15) is 9.90 Å². The molecule has 1 heterocycles. The van der Waals surface area contributed by atoms with Gasteiger partial charge in [-0.3, -0.25) is 4.98 Å². The lowest BCUT2D eigenvalue weighted by molar-refractivity contribution is 0.0731. The van der Waals surface area contributed by atoms with Crippen molar-refractivity contribution in [2.75, 3.05) is 0 Å². The predicted octanol–water partition coefficient (Wildman–Crippen LogP) is 4.47. The molecule has 0 saturated heterocycles. The minimum Gasteiger partial charge on any atom is -0.504 e. The number of aromatic nitrogens is 1. The van der Waals surface area contributed by atoms with Crippen molar-refractivity contribution < 1.29 is 14.6 Å². The van der Waals surface area contributed by atoms with Crippen molar-refractivity contribution in [3.8, 4) is 11.5 Å². The summed E-state index contributed by atoms with van der Waals surface area (Å²) in [5.74, 6) is -0.787. The van der Waals surface area contributed by atoms with Gasteiger partial charge in [-0.05, 0) is 24.3 Å². The normalized spacial score (nSPS) is 10.6. The van der Waals surface area contributed by atoms with E-state index in [1.54, 1.807) is 30.3 Å². The molecule has 0 aliphatic carbocycles. The van der Waals surface area contributed by atoms with Gasteiger partial charge in [0.05, 0.1) is 15.6 Å². The predicted molar refractivity (Wildman–Crippen MR) is 84.8 cm³/mol. The zero-order valence-electron chi connectivity index (χ0n) is 11.1. The maximum atomic E-state index is 12.4. The summed E-state index contributed by atoms with van der Waals surface area (Å²) in [6, 6.07) is 11.1. The molecule has 0 radical (unpaired) electrons. The molecule has 4 nitrogen and oxygen atoms in total. The minimum atomic E-state index is -0.702. The highest BCUT2D eigenvalue weighted by Gasteiger charge is 2.19. The lowest BCUT2D eigenvalue weighted by Crippen LogP contribution is -2.10. The van der Waals surface area contributed by atoms with Crippen LogP contribution in [0.1, 0.15) is 10.4 Å². The van der Waals surface area contributed by atoms with Crippen LogP contribution >= 0.6 is 23.2 Å². The molecule has 22 heavy (non-hydrogen) atoms. The van der Waals surface area contributed by atoms with Gasteiger partial charge in [-0.1, -0.05) is 41.4 Å². The summed E-state index contributed by atoms with van der Waals surface area (Å²) in [4.78, 5) is 16.5. The fourth-order valence-corrected chi connectivity index (χ4v) is 2.43. The largest absolute Gasteiger partial charge is 0.504 e. The maximum absolute atomic E-state index is 12.4. The monoisotopic (exact) mass is 333 g/mol. The number of phenolic OH excluding ortho intramolecular Hbond substituents is 1. The number of carbonyl (C=O) groups is 1. The molecule has 0 atom stereocenters. The molecule has 3 aromatic rings. The van der Waals surface area contributed by atoms with E-state index in [1.807, 2.05) is 0 Å². The summed E-state index contributed by atoms with van der Waals surface area (Å²) >= 11 is 12.0. The molecule has 0 aliphatic rings. The molecular formula is C16H9Cl2NO3. The van der Waals surface area contributed by atoms with Crippen LogP contribution < -0.4 is 4.74 Å². The molecule has 2 aromatic carbocycles. The fourth-order valence-electron chi connectivity index (χ4n) is 2.04. The zero-order valence-corrected chi connectivity index (χ0v) is 12.6. The molecule has 1 aromatic heterocycles. The van der Waals surface area contributed by atoms with E-state index in [0.29, 0.717) is 15.9 Å². The van der Waals surface area contributed by atoms with E-state index in [0.717, 1.165) is 0 Å². The van der Waals surface area contributed by atoms with E-state index in [2.05, 4.69) is 4.98 Å². The van der Waals surface area contributed by atoms with Gasteiger partial charge in [0.2, 0.25) is 0 Å². The van der Waals surface area contributed by atoms with E-state index >= 15 is 0 Å². The molecule has 0 bridgehead atoms. The van der Waals surface area contributed by atoms with E-state index in [-0.39, 0.29) is 22.1 Å². The Morgan fingerprint density at radius 3 is 2.68 bits per heavy atom. The fraction of sp³-hybridized carbons (Fsp3) is 0. The topological polar surface area (TPSA) is 59.4 Å². The molecule has 1 N–H and O–H groups in total. The highest BCUT2D eigenvalue weighted by molar-refractivity contribution is 6.35. The Balaban J connectivity index is 2.07. The van der Waals surface area contributed by atoms with Crippen molar-refractivity contribution in [1.29, 1.82) is 0 Å². The second-order valence-corrected chi connectivity index (χ2v) is 5.35. The van der Waals surface area contributed by atoms with Crippen LogP contribution in [-0.4, -0.2) is 16.1 Å². The lowest BCUT2D eigenvalue weighted by Gasteiger charge is -2.09. The Morgan fingerprint density at radius 2 is 1.91 bits per heavy atom. The van der Waals surface area contributed by atoms with Gasteiger partial charge in [0.25, 0.3) is 0 Å². The molecule has 3 rings (SSSR count). The van der Waals surface area contributed by atoms with Gasteiger partial charge in [-0.25, -0.2) is 4.79 Å². The number of halogens is 2. The minimum absolute atomic E-state index is 0.0505. The summed E-state index contributed by atoms with van der Waals surface area (Å²) in [5, 5.41) is 11.0. The average Bonchev–Trinajstić information content (AvgIpc) is 2.49. The number of ether oxygens (including phenoxy) is 1. The number of carbonyl (C=O) groups excluding carboxylic acids is 1. The molecule has 0 amide bonds. The van der Waals surface area contributed by atoms with Gasteiger partial charge in [-0.15, -0.1) is 0 Å². The first-order valence-electron chi connectivity index (χ1n) is 6.30. The van der Waals surface area contributed by atoms with Crippen molar-refractivity contribution >= 4 is 40.1 Å². The van der Waals surface area contributed by atoms with Gasteiger partial charge < -0.3 is 9.84 Å². The number of nitrogens with zero attached hydrogens (tertiary/aromatic N) is 1. The number of para-hydroxylation sites is 2. The van der Waals surface area contributed by atoms with E-state index < -0.39 is 5.97 Å². The van der Waals surface area contributed by atoms with Gasteiger partial charge in [0, 0.05) is 11.6 Å². The number of hydrogen-bond acceptors (Lipinski definition) is 4. The number of rotatable bonds is 2. The highest BCUT2D eigenvalue weighted by atomic mass is 35.5. The van der Waals surface area contributed by atoms with Crippen molar-refractivity contribution in [2.24, 2.45) is 0 Å². The third-order valence-corrected chi connectivity index (χ3v) is 3.56. The highest BCUT2D eigenvalue weighted by Crippen LogP contribution is 2.30. The smallest absolute Gasteiger partial charge is 0.347 e. The van der Waals surface area contributed by atoms with Gasteiger partial charge in [0.15, 0.2) is 11.5 Å². The van der Waals surface area contributed by atoms with E-state index in [4.69, 9.17) is 27.9 Å². The number of hydrogen-bond donors (Lipinski definition) is 1. The van der Waals surface area contributed by atoms with Crippen molar-refractivity contribution in [2.45, 2.75) is 0 Å². The third kappa shape index (κ3) is 2.71. The van der Waals surface area contributed by atoms with Crippen LogP contribution in [0.25, 0.3) is 10.9 Å². The first kappa shape index (κ1) is 14.6. The van der Waals surface area contributed by atoms with Crippen molar-refractivity contribution in [1.82, 2.24) is 4.98 Å². The van der Waals surface area contributed by atoms with Crippen LogP contribution in [0.2, 0.25) is 10.0 Å². The van der Waals surface area contributed by atoms with Crippen LogP contribution in [-0.2, 0) is 0 Å². The van der Waals surface area contributed by atoms with Crippen LogP contribution in [0.3, 0.4) is 0 Å². The first-order valence-corrected chi connectivity index (χ1v) is 7.06. The SMILES string of the molecule is O=C(Oc1ccccc1O)c1c(Cl)ccc2cc(Cl)cnc12. The summed E-state index contributed by atoms with van der Waals surface area (Å²) in [6.07, 6.45) is 1.43. The second kappa shape index (κ2) is 5.83. The second-order valence-electron chi connectivity index (χ2n) is 4.50. The van der Waals surface area contributed by atoms with Crippen molar-refractivity contribution in [3.05, 3.63) is 64.3 Å². The number of phenols is 1. The molecule has 6 heteroatoms. The summed E-state index contributed by atoms with van der Waals surface area (Å²) in [5.41, 5.74) is 0.511. The Labute approximate surface area is 135 Å². The quantitative estimate of drug-likeness (QED) is 0.555. The Hall–Kier alpha value is -2.30. The summed E-state index contributed by atoms with van der Waals surface area (Å²) in [6.45, 7) is 0. The van der Waals surface area contributed by atoms with Crippen LogP contribution in [0, 0.1) is 0 Å². The van der Waals surface area contributed by atoms with Crippen molar-refractivity contribution in [3.63, 3.8) is 0 Å². The summed E-state index contributed by atoms with van der Waals surface area (Å²) < 4.78 is 5.20. The lowest BCUT2D eigenvalue weighted by atomic mass is 10.1. The molecule has 0 unspecified atom stereocenters. The number of fused-ring (bicyclic) bond motifs is 1. The van der Waals surface area contributed by atoms with E-state index in [1.165, 1.54) is 18.3 Å². The Kier molecular flexibility index (Phi) is 3.88.